The van der Waals surface area contributed by atoms with E-state index in [0.29, 0.717) is 5.92 Å². The summed E-state index contributed by atoms with van der Waals surface area (Å²) in [5.41, 5.74) is 0. The minimum atomic E-state index is -0.849. The quantitative estimate of drug-likeness (QED) is 0.652. The van der Waals surface area contributed by atoms with E-state index in [-0.39, 0.29) is 11.8 Å². The van der Waals surface area contributed by atoms with Crippen LogP contribution in [0.15, 0.2) is 0 Å². The predicted octanol–water partition coefficient (Wildman–Crippen LogP) is 0.875. The van der Waals surface area contributed by atoms with Gasteiger partial charge in [-0.25, -0.2) is 0 Å². The number of carbonyl (C=O) groups excluding carboxylic acids is 1. The Morgan fingerprint density at radius 1 is 1.69 bits per heavy atom. The highest BCUT2D eigenvalue weighted by Gasteiger charge is 2.27. The van der Waals surface area contributed by atoms with Crippen molar-refractivity contribution in [2.45, 2.75) is 44.8 Å². The fourth-order valence-electron chi connectivity index (χ4n) is 1.66. The van der Waals surface area contributed by atoms with Gasteiger partial charge in [-0.1, -0.05) is 28.7 Å². The molecule has 0 aliphatic heterocycles. The number of hydrogen-bond acceptors (Lipinski definition) is 3. The highest BCUT2D eigenvalue weighted by Crippen LogP contribution is 2.31. The van der Waals surface area contributed by atoms with Crippen molar-refractivity contribution in [1.29, 1.82) is 0 Å². The van der Waals surface area contributed by atoms with Crippen molar-refractivity contribution in [1.82, 2.24) is 5.09 Å². The van der Waals surface area contributed by atoms with E-state index in [9.17, 15) is 9.90 Å². The molecule has 0 heterocycles. The monoisotopic (exact) mass is 203 g/mol. The van der Waals surface area contributed by atoms with Gasteiger partial charge in [0.1, 0.15) is 6.10 Å². The summed E-state index contributed by atoms with van der Waals surface area (Å²) < 4.78 is 0. The van der Waals surface area contributed by atoms with Gasteiger partial charge in [-0.2, -0.15) is 0 Å². The average molecular weight is 203 g/mol. The first-order chi connectivity index (χ1) is 6.15. The summed E-state index contributed by atoms with van der Waals surface area (Å²) in [5.74, 6) is 0.548. The molecule has 76 valence electrons. The van der Waals surface area contributed by atoms with Gasteiger partial charge in [0.05, 0.1) is 0 Å². The number of rotatable bonds is 5. The molecule has 1 fully saturated rings. The molecule has 1 rings (SSSR count). The minimum absolute atomic E-state index is 0.0900. The van der Waals surface area contributed by atoms with Crippen LogP contribution in [0.4, 0.5) is 0 Å². The Kier molecular flexibility index (Phi) is 4.30. The van der Waals surface area contributed by atoms with E-state index in [1.165, 1.54) is 26.2 Å². The predicted molar refractivity (Wildman–Crippen MR) is 55.3 cm³/mol. The molecule has 1 saturated carbocycles. The number of ketones is 1. The van der Waals surface area contributed by atoms with Crippen molar-refractivity contribution in [3.05, 3.63) is 0 Å². The van der Waals surface area contributed by atoms with E-state index in [4.69, 9.17) is 0 Å². The maximum Gasteiger partial charge on any atom is 0.159 e. The van der Waals surface area contributed by atoms with Crippen molar-refractivity contribution in [2.75, 3.05) is 0 Å². The minimum Gasteiger partial charge on any atom is -0.384 e. The van der Waals surface area contributed by atoms with Crippen LogP contribution in [-0.4, -0.2) is 23.0 Å². The molecule has 1 aliphatic carbocycles. The number of nitrogens with one attached hydrogen (secondary N) is 1. The lowest BCUT2D eigenvalue weighted by Gasteiger charge is -2.30. The summed E-state index contributed by atoms with van der Waals surface area (Å²) in [7, 11) is 2.38. The van der Waals surface area contributed by atoms with E-state index in [1.807, 2.05) is 0 Å². The third-order valence-electron chi connectivity index (χ3n) is 2.82. The molecular formula is C9H18NO2P. The van der Waals surface area contributed by atoms with Crippen LogP contribution in [0.3, 0.4) is 0 Å². The number of hydrogen-bond donors (Lipinski definition) is 2. The van der Waals surface area contributed by atoms with E-state index >= 15 is 0 Å². The van der Waals surface area contributed by atoms with E-state index < -0.39 is 6.10 Å². The van der Waals surface area contributed by atoms with E-state index in [1.54, 1.807) is 0 Å². The molecule has 0 aromatic carbocycles. The maximum absolute atomic E-state index is 10.9. The number of aliphatic hydroxyl groups excluding tert-OH is 1. The summed E-state index contributed by atoms with van der Waals surface area (Å²) in [5, 5.41) is 12.5. The Morgan fingerprint density at radius 3 is 2.62 bits per heavy atom. The van der Waals surface area contributed by atoms with Gasteiger partial charge < -0.3 is 5.11 Å². The van der Waals surface area contributed by atoms with E-state index in [2.05, 4.69) is 14.5 Å². The van der Waals surface area contributed by atoms with Crippen LogP contribution in [0.1, 0.15) is 32.6 Å². The first kappa shape index (κ1) is 11.1. The van der Waals surface area contributed by atoms with Gasteiger partial charge in [0, 0.05) is 6.04 Å². The topological polar surface area (TPSA) is 49.3 Å². The zero-order valence-electron chi connectivity index (χ0n) is 7.99. The highest BCUT2D eigenvalue weighted by molar-refractivity contribution is 7.13. The first-order valence-corrected chi connectivity index (χ1v) is 5.37. The molecule has 0 saturated heterocycles. The fraction of sp³-hybridized carbons (Fsp3) is 0.889. The molecule has 1 aliphatic rings. The smallest absolute Gasteiger partial charge is 0.159 e. The molecule has 0 radical (unpaired) electrons. The highest BCUT2D eigenvalue weighted by atomic mass is 31.0. The zero-order valence-corrected chi connectivity index (χ0v) is 9.15. The molecule has 4 heteroatoms. The third-order valence-corrected chi connectivity index (χ3v) is 3.25. The van der Waals surface area contributed by atoms with Crippen molar-refractivity contribution in [3.63, 3.8) is 0 Å². The lowest BCUT2D eigenvalue weighted by Crippen LogP contribution is -2.41. The van der Waals surface area contributed by atoms with Gasteiger partial charge in [-0.05, 0) is 19.3 Å². The summed E-state index contributed by atoms with van der Waals surface area (Å²) in [6.07, 6.45) is 3.84. The largest absolute Gasteiger partial charge is 0.384 e. The molecule has 0 amide bonds. The molecule has 3 unspecified atom stereocenters. The Balaban J connectivity index is 2.36. The fourth-order valence-corrected chi connectivity index (χ4v) is 1.98. The molecule has 13 heavy (non-hydrogen) atoms. The van der Waals surface area contributed by atoms with Crippen molar-refractivity contribution in [2.24, 2.45) is 5.92 Å². The molecule has 0 spiro atoms. The molecule has 0 aromatic rings. The van der Waals surface area contributed by atoms with Crippen LogP contribution < -0.4 is 5.09 Å². The second kappa shape index (κ2) is 5.04. The van der Waals surface area contributed by atoms with Gasteiger partial charge in [-0.15, -0.1) is 0 Å². The Labute approximate surface area is 81.5 Å². The van der Waals surface area contributed by atoms with Crippen LogP contribution in [0.5, 0.6) is 0 Å². The molecular weight excluding hydrogens is 185 g/mol. The van der Waals surface area contributed by atoms with Gasteiger partial charge in [0.15, 0.2) is 5.78 Å². The van der Waals surface area contributed by atoms with Crippen molar-refractivity contribution in [3.8, 4) is 0 Å². The summed E-state index contributed by atoms with van der Waals surface area (Å²) in [6.45, 7) is 1.43. The molecule has 0 aromatic heterocycles. The maximum atomic E-state index is 10.9. The summed E-state index contributed by atoms with van der Waals surface area (Å²) in [4.78, 5) is 10.9. The van der Waals surface area contributed by atoms with Crippen molar-refractivity contribution < 1.29 is 9.90 Å². The van der Waals surface area contributed by atoms with Gasteiger partial charge >= 0.3 is 0 Å². The lowest BCUT2D eigenvalue weighted by atomic mass is 9.80. The standard InChI is InChI=1S/C9H18NO2P/c1-6(11)9(12)8(10-13)5-7-3-2-4-7/h7-10,12H,2-5,13H2,1H3. The Hall–Kier alpha value is 0.0200. The van der Waals surface area contributed by atoms with Crippen LogP contribution in [-0.2, 0) is 4.79 Å². The van der Waals surface area contributed by atoms with Gasteiger partial charge in [0.2, 0.25) is 0 Å². The summed E-state index contributed by atoms with van der Waals surface area (Å²) >= 11 is 0. The third kappa shape index (κ3) is 3.01. The number of aliphatic hydroxyl groups is 1. The van der Waals surface area contributed by atoms with Gasteiger partial charge in [-0.3, -0.25) is 9.88 Å². The molecule has 2 N–H and O–H groups in total. The summed E-state index contributed by atoms with van der Waals surface area (Å²) in [6, 6.07) is -0.0900. The van der Waals surface area contributed by atoms with Crippen LogP contribution in [0, 0.1) is 5.92 Å². The second-order valence-electron chi connectivity index (χ2n) is 3.86. The first-order valence-electron chi connectivity index (χ1n) is 4.79. The number of carbonyl (C=O) groups is 1. The number of Topliss-reactive ketones (excluding diaryl/α,β-unsaturated/α-hetero) is 1. The van der Waals surface area contributed by atoms with E-state index in [0.717, 1.165) is 6.42 Å². The van der Waals surface area contributed by atoms with Crippen LogP contribution in [0.25, 0.3) is 0 Å². The zero-order chi connectivity index (χ0) is 9.84. The SMILES string of the molecule is CC(=O)C(O)C(CC1CCC1)NP. The molecule has 0 bridgehead atoms. The molecule has 3 nitrogen and oxygen atoms in total. The van der Waals surface area contributed by atoms with Crippen LogP contribution >= 0.6 is 9.39 Å². The second-order valence-corrected chi connectivity index (χ2v) is 4.19. The average Bonchev–Trinajstić information content (AvgIpc) is 2.02. The Bertz CT molecular complexity index is 182. The normalized spacial score (nSPS) is 22.1. The Morgan fingerprint density at radius 2 is 2.31 bits per heavy atom. The van der Waals surface area contributed by atoms with Crippen molar-refractivity contribution >= 4 is 15.2 Å². The van der Waals surface area contributed by atoms with Gasteiger partial charge in [0.25, 0.3) is 0 Å². The van der Waals surface area contributed by atoms with Crippen LogP contribution in [0.2, 0.25) is 0 Å². The molecule has 3 atom stereocenters. The lowest BCUT2D eigenvalue weighted by molar-refractivity contribution is -0.126.